The third kappa shape index (κ3) is 16.0. The van der Waals surface area contributed by atoms with Crippen LogP contribution in [0.4, 0.5) is 34.1 Å². The molecule has 2 atom stereocenters. The van der Waals surface area contributed by atoms with E-state index in [1.165, 1.54) is 99.8 Å². The van der Waals surface area contributed by atoms with Crippen LogP contribution in [0.2, 0.25) is 0 Å². The molecule has 0 N–H and O–H groups in total. The molecule has 666 valence electrons. The maximum atomic E-state index is 6.68. The average molecular weight is 1780 g/mol. The number of fused-ring (bicyclic) bond motifs is 12. The van der Waals surface area contributed by atoms with Gasteiger partial charge in [0.25, 0.3) is 0 Å². The molecular weight excluding hydrogens is 1680 g/mol. The summed E-state index contributed by atoms with van der Waals surface area (Å²) in [5, 5.41) is 4.68. The van der Waals surface area contributed by atoms with Crippen molar-refractivity contribution in [3.63, 3.8) is 0 Å². The lowest BCUT2D eigenvalue weighted by molar-refractivity contribution is 0.105. The zero-order chi connectivity index (χ0) is 92.6. The molecule has 2 aromatic heterocycles. The molecule has 0 fully saturated rings. The van der Waals surface area contributed by atoms with Crippen molar-refractivity contribution in [1.29, 1.82) is 0 Å². The van der Waals surface area contributed by atoms with Crippen molar-refractivity contribution in [2.75, 3.05) is 23.0 Å². The van der Waals surface area contributed by atoms with Crippen molar-refractivity contribution in [3.8, 4) is 67.4 Å². The van der Waals surface area contributed by atoms with Crippen molar-refractivity contribution < 1.29 is 18.9 Å². The summed E-state index contributed by atoms with van der Waals surface area (Å²) < 4.78 is 31.1. The van der Waals surface area contributed by atoms with Crippen LogP contribution in [0.25, 0.3) is 112 Å². The lowest BCUT2D eigenvalue weighted by atomic mass is 9.70. The summed E-state index contributed by atoms with van der Waals surface area (Å²) in [7, 11) is 0. The number of aryl methyl sites for hydroxylation is 2. The molecule has 2 aliphatic carbocycles. The van der Waals surface area contributed by atoms with Crippen molar-refractivity contribution in [2.24, 2.45) is 0 Å². The van der Waals surface area contributed by atoms with Gasteiger partial charge >= 0.3 is 0 Å². The molecule has 0 amide bonds. The van der Waals surface area contributed by atoms with E-state index in [-0.39, 0.29) is 0 Å². The lowest BCUT2D eigenvalue weighted by Crippen LogP contribution is -2.29. The van der Waals surface area contributed by atoms with Gasteiger partial charge in [-0.1, -0.05) is 340 Å². The zero-order valence-corrected chi connectivity index (χ0v) is 77.4. The normalized spacial score (nSPS) is 14.0. The third-order valence-electron chi connectivity index (χ3n) is 28.3. The third-order valence-corrected chi connectivity index (χ3v) is 28.3. The summed E-state index contributed by atoms with van der Waals surface area (Å²) in [6.45, 7) is 15.2. The molecule has 2 heterocycles. The second-order valence-corrected chi connectivity index (χ2v) is 36.6. The van der Waals surface area contributed by atoms with Gasteiger partial charge in [0.1, 0.15) is 11.5 Å². The average Bonchev–Trinajstić information content (AvgIpc) is 1.56. The van der Waals surface area contributed by atoms with Gasteiger partial charge in [-0.25, -0.2) is 0 Å². The van der Waals surface area contributed by atoms with Gasteiger partial charge in [-0.3, -0.25) is 0 Å². The number of aromatic nitrogens is 2. The molecule has 0 bridgehead atoms. The molecule has 0 saturated carbocycles. The summed E-state index contributed by atoms with van der Waals surface area (Å²) in [4.78, 5) is 4.89. The Labute approximate surface area is 806 Å². The Morgan fingerprint density at radius 1 is 0.261 bits per heavy atom. The molecule has 138 heavy (non-hydrogen) atoms. The Kier molecular flexibility index (Phi) is 22.9. The van der Waals surface area contributed by atoms with Crippen LogP contribution in [-0.4, -0.2) is 22.3 Å². The van der Waals surface area contributed by atoms with Crippen LogP contribution in [0, 0.1) is 13.8 Å². The van der Waals surface area contributed by atoms with Gasteiger partial charge < -0.3 is 37.9 Å². The monoisotopic (exact) mass is 1780 g/mol. The number of anilines is 6. The summed E-state index contributed by atoms with van der Waals surface area (Å²) >= 11 is 0. The fraction of sp³-hybridized carbons (Fsp3) is 0.0923. The van der Waals surface area contributed by atoms with E-state index in [0.29, 0.717) is 39.6 Å². The smallest absolute Gasteiger partial charge is 0.119 e. The highest BCUT2D eigenvalue weighted by molar-refractivity contribution is 6.12. The maximum absolute atomic E-state index is 6.68. The predicted molar refractivity (Wildman–Crippen MR) is 572 cm³/mol. The SMILES string of the molecule is C=Cc1ccc(OCCC2(c3ccccc3)c3ccccc3-c3ccc(N(c4ccc(-c5cccc(C)c5)cc4)c4ccc5c(c4)c4ccccc4n5-c4ccc(COCc5ccc(COCc6ccc(-n7c8ccccc8c8cc(N(c9ccc(-c%10cccc(C)c%10)cc9)c9ccc%10c(c9)C(CCOc9ccc(C=C)cc9)(c9ccccc9)c9ccccc9-%10)ccc87)cc6)cc5)cc4)cc32)cc1. The van der Waals surface area contributed by atoms with Crippen molar-refractivity contribution >= 4 is 89.9 Å². The minimum absolute atomic E-state index is 0.472. The second-order valence-electron chi connectivity index (χ2n) is 36.6. The lowest BCUT2D eigenvalue weighted by Gasteiger charge is -2.34. The molecule has 19 aromatic carbocycles. The van der Waals surface area contributed by atoms with Crippen LogP contribution >= 0.6 is 0 Å². The minimum atomic E-state index is -0.517. The topological polar surface area (TPSA) is 53.3 Å². The first-order valence-corrected chi connectivity index (χ1v) is 47.8. The molecule has 2 aliphatic rings. The predicted octanol–water partition coefficient (Wildman–Crippen LogP) is 33.1. The first-order chi connectivity index (χ1) is 68.1. The van der Waals surface area contributed by atoms with E-state index in [4.69, 9.17) is 18.9 Å². The number of benzene rings is 19. The van der Waals surface area contributed by atoms with E-state index in [0.717, 1.165) is 136 Å². The van der Waals surface area contributed by atoms with Gasteiger partial charge in [0.05, 0.1) is 61.7 Å². The first kappa shape index (κ1) is 85.6. The van der Waals surface area contributed by atoms with Gasteiger partial charge in [-0.05, 0) is 284 Å². The van der Waals surface area contributed by atoms with Crippen LogP contribution in [-0.2, 0) is 46.7 Å². The van der Waals surface area contributed by atoms with E-state index in [9.17, 15) is 0 Å². The number of hydrogen-bond donors (Lipinski definition) is 0. The Balaban J connectivity index is 0.476. The van der Waals surface area contributed by atoms with Crippen LogP contribution in [0.1, 0.15) is 90.7 Å². The number of hydrogen-bond acceptors (Lipinski definition) is 6. The van der Waals surface area contributed by atoms with Gasteiger partial charge in [0.2, 0.25) is 0 Å². The molecule has 2 unspecified atom stereocenters. The molecule has 0 radical (unpaired) electrons. The standard InChI is InChI=1S/C130H102N4O4/c1-5-91-47-67-111(68-48-91)137-77-75-129(101-27-9-7-10-28-101)121-35-17-13-31-113(121)115-71-63-109(83-123(115)129)131(103-59-51-97(52-60-103)99-25-21-23-89(3)79-99)107-65-73-127-119(81-107)117-33-15-19-37-125(117)133(127)105-55-43-95(44-56-105)87-135-85-93-39-41-94(42-40-93)86-136-88-96-45-57-106(58-46-96)134-126-38-20-16-34-118(126)120-82-108(66-74-128(120)134)132(104-61-53-98(54-62-104)100-26-22-24-90(4)80-100)110-64-72-116-114-32-14-18-36-122(114)130(124(116)84-110,102-29-11-8-12-30-102)76-78-138-112-69-49-92(6-2)50-70-112/h5-74,79-84H,1-2,75-78,85-88H2,3-4H3. The molecule has 0 spiro atoms. The van der Waals surface area contributed by atoms with Crippen LogP contribution in [0.3, 0.4) is 0 Å². The summed E-state index contributed by atoms with van der Waals surface area (Å²) in [6, 6.07) is 164. The van der Waals surface area contributed by atoms with Crippen LogP contribution in [0.5, 0.6) is 11.5 Å². The van der Waals surface area contributed by atoms with Crippen molar-refractivity contribution in [1.82, 2.24) is 9.13 Å². The summed E-state index contributed by atoms with van der Waals surface area (Å²) in [5.74, 6) is 1.68. The molecular formula is C130H102N4O4. The van der Waals surface area contributed by atoms with E-state index in [1.54, 1.807) is 0 Å². The molecule has 21 aromatic rings. The summed E-state index contributed by atoms with van der Waals surface area (Å²) in [5.41, 5.74) is 38.2. The summed E-state index contributed by atoms with van der Waals surface area (Å²) in [6.07, 6.45) is 5.17. The van der Waals surface area contributed by atoms with Gasteiger partial charge in [-0.2, -0.15) is 0 Å². The Hall–Kier alpha value is -16.6. The second kappa shape index (κ2) is 37.0. The fourth-order valence-electron chi connectivity index (χ4n) is 21.6. The molecule has 8 nitrogen and oxygen atoms in total. The Morgan fingerprint density at radius 2 is 0.594 bits per heavy atom. The highest BCUT2D eigenvalue weighted by Gasteiger charge is 2.47. The molecule has 23 rings (SSSR count). The van der Waals surface area contributed by atoms with Crippen molar-refractivity contribution in [2.45, 2.75) is 63.9 Å². The number of nitrogens with zero attached hydrogens (tertiary/aromatic N) is 4. The van der Waals surface area contributed by atoms with Gasteiger partial charge in [0.15, 0.2) is 0 Å². The number of rotatable bonds is 30. The molecule has 0 saturated heterocycles. The van der Waals surface area contributed by atoms with E-state index in [2.05, 4.69) is 471 Å². The van der Waals surface area contributed by atoms with Gasteiger partial charge in [0, 0.05) is 77.9 Å². The highest BCUT2D eigenvalue weighted by atomic mass is 16.5. The van der Waals surface area contributed by atoms with E-state index >= 15 is 0 Å². The fourth-order valence-corrected chi connectivity index (χ4v) is 21.6. The number of para-hydroxylation sites is 2. The quantitative estimate of drug-likeness (QED) is 0.0447. The first-order valence-electron chi connectivity index (χ1n) is 47.8. The maximum Gasteiger partial charge on any atom is 0.119 e. The number of ether oxygens (including phenoxy) is 4. The van der Waals surface area contributed by atoms with Crippen molar-refractivity contribution in [3.05, 3.63) is 540 Å². The molecule has 0 aliphatic heterocycles. The van der Waals surface area contributed by atoms with Crippen LogP contribution < -0.4 is 19.3 Å². The Bertz CT molecular complexity index is 7630. The van der Waals surface area contributed by atoms with Gasteiger partial charge in [-0.15, -0.1) is 0 Å². The Morgan fingerprint density at radius 3 is 0.986 bits per heavy atom. The highest BCUT2D eigenvalue weighted by Crippen LogP contribution is 2.59. The van der Waals surface area contributed by atoms with E-state index in [1.807, 2.05) is 36.4 Å². The molecule has 8 heteroatoms. The zero-order valence-electron chi connectivity index (χ0n) is 77.4. The van der Waals surface area contributed by atoms with E-state index < -0.39 is 10.8 Å². The largest absolute Gasteiger partial charge is 0.494 e. The minimum Gasteiger partial charge on any atom is -0.494 e. The van der Waals surface area contributed by atoms with Crippen LogP contribution in [0.15, 0.2) is 462 Å².